The van der Waals surface area contributed by atoms with E-state index >= 15 is 0 Å². The second kappa shape index (κ2) is 6.91. The van der Waals surface area contributed by atoms with Crippen molar-refractivity contribution >= 4 is 16.3 Å². The highest BCUT2D eigenvalue weighted by atomic mass is 32.1. The minimum atomic E-state index is 0.767. The van der Waals surface area contributed by atoms with E-state index in [2.05, 4.69) is 33.0 Å². The van der Waals surface area contributed by atoms with E-state index in [0.29, 0.717) is 0 Å². The van der Waals surface area contributed by atoms with Crippen LogP contribution in [0.2, 0.25) is 0 Å². The van der Waals surface area contributed by atoms with Crippen LogP contribution >= 0.6 is 11.3 Å². The Balaban J connectivity index is 1.72. The van der Waals surface area contributed by atoms with Crippen LogP contribution in [-0.2, 0) is 4.74 Å². The molecule has 0 radical (unpaired) electrons. The smallest absolute Gasteiger partial charge is 0.108 e. The number of nitrogens with one attached hydrogen (secondary N) is 1. The fourth-order valence-corrected chi connectivity index (χ4v) is 3.80. The molecule has 3 aromatic rings. The first-order chi connectivity index (χ1) is 11.9. The Kier molecular flexibility index (Phi) is 4.32. The van der Waals surface area contributed by atoms with Crippen molar-refractivity contribution in [2.45, 2.75) is 0 Å². The number of hydrogen-bond acceptors (Lipinski definition) is 4. The van der Waals surface area contributed by atoms with Crippen molar-refractivity contribution in [3.63, 3.8) is 0 Å². The van der Waals surface area contributed by atoms with E-state index in [1.807, 2.05) is 36.4 Å². The van der Waals surface area contributed by atoms with Gasteiger partial charge in [0, 0.05) is 24.8 Å². The van der Waals surface area contributed by atoms with Crippen LogP contribution in [0.25, 0.3) is 10.6 Å². The Morgan fingerprint density at radius 3 is 2.67 bits per heavy atom. The van der Waals surface area contributed by atoms with Gasteiger partial charge < -0.3 is 9.64 Å². The maximum Gasteiger partial charge on any atom is 0.108 e. The zero-order valence-corrected chi connectivity index (χ0v) is 14.0. The normalized spacial score (nSPS) is 14.2. The molecule has 0 aliphatic carbocycles. The minimum Gasteiger partial charge on any atom is -0.378 e. The number of benzene rings is 1. The van der Waals surface area contributed by atoms with E-state index in [1.165, 1.54) is 5.00 Å². The molecular formula is C19H17N3OS. The third-order valence-electron chi connectivity index (χ3n) is 3.89. The van der Waals surface area contributed by atoms with Crippen LogP contribution in [0.15, 0.2) is 48.7 Å². The average molecular weight is 335 g/mol. The summed E-state index contributed by atoms with van der Waals surface area (Å²) in [4.78, 5) is 3.52. The van der Waals surface area contributed by atoms with Gasteiger partial charge in [-0.1, -0.05) is 30.0 Å². The summed E-state index contributed by atoms with van der Waals surface area (Å²) in [6.45, 7) is 3.34. The molecule has 2 aromatic heterocycles. The topological polar surface area (TPSA) is 41.2 Å². The van der Waals surface area contributed by atoms with Gasteiger partial charge in [-0.2, -0.15) is 5.10 Å². The van der Waals surface area contributed by atoms with Gasteiger partial charge in [-0.05, 0) is 24.3 Å². The molecule has 4 rings (SSSR count). The number of hydrogen-bond donors (Lipinski definition) is 1. The number of H-pyrrole nitrogens is 1. The maximum absolute atomic E-state index is 5.48. The molecule has 5 heteroatoms. The third kappa shape index (κ3) is 3.21. The second-order valence-electron chi connectivity index (χ2n) is 5.52. The maximum atomic E-state index is 5.48. The highest BCUT2D eigenvalue weighted by molar-refractivity contribution is 7.19. The Labute approximate surface area is 145 Å². The van der Waals surface area contributed by atoms with Crippen LogP contribution in [0.5, 0.6) is 0 Å². The van der Waals surface area contributed by atoms with Crippen molar-refractivity contribution in [2.24, 2.45) is 0 Å². The molecule has 1 aromatic carbocycles. The predicted molar refractivity (Wildman–Crippen MR) is 97.4 cm³/mol. The molecule has 3 heterocycles. The standard InChI is InChI=1S/C19H17N3OS/c1-2-4-15(5-3-1)6-7-16-14-18(17-8-9-20-21-17)24-19(16)22-10-12-23-13-11-22/h1-5,8-9,14H,10-13H2,(H,20,21). The molecule has 0 atom stereocenters. The van der Waals surface area contributed by atoms with E-state index in [9.17, 15) is 0 Å². The summed E-state index contributed by atoms with van der Waals surface area (Å²) >= 11 is 1.76. The number of rotatable bonds is 2. The van der Waals surface area contributed by atoms with Crippen LogP contribution in [0.3, 0.4) is 0 Å². The first kappa shape index (κ1) is 15.0. The zero-order chi connectivity index (χ0) is 16.2. The summed E-state index contributed by atoms with van der Waals surface area (Å²) in [7, 11) is 0. The van der Waals surface area contributed by atoms with Gasteiger partial charge in [0.1, 0.15) is 5.00 Å². The van der Waals surface area contributed by atoms with E-state index in [0.717, 1.165) is 48.0 Å². The van der Waals surface area contributed by atoms with Crippen molar-refractivity contribution in [3.8, 4) is 22.4 Å². The molecule has 1 fully saturated rings. The molecule has 1 N–H and O–H groups in total. The van der Waals surface area contributed by atoms with Crippen molar-refractivity contribution < 1.29 is 4.74 Å². The van der Waals surface area contributed by atoms with E-state index in [4.69, 9.17) is 4.74 Å². The molecule has 24 heavy (non-hydrogen) atoms. The summed E-state index contributed by atoms with van der Waals surface area (Å²) in [5.41, 5.74) is 3.12. The zero-order valence-electron chi connectivity index (χ0n) is 13.2. The summed E-state index contributed by atoms with van der Waals surface area (Å²) in [5, 5.41) is 8.31. The molecule has 4 nitrogen and oxygen atoms in total. The number of aromatic amines is 1. The fraction of sp³-hybridized carbons (Fsp3) is 0.211. The lowest BCUT2D eigenvalue weighted by Crippen LogP contribution is -2.36. The van der Waals surface area contributed by atoms with Crippen LogP contribution in [0.4, 0.5) is 5.00 Å². The van der Waals surface area contributed by atoms with E-state index in [1.54, 1.807) is 17.5 Å². The Hall–Kier alpha value is -2.55. The van der Waals surface area contributed by atoms with Gasteiger partial charge in [-0.15, -0.1) is 11.3 Å². The lowest BCUT2D eigenvalue weighted by Gasteiger charge is -2.27. The Morgan fingerprint density at radius 1 is 1.08 bits per heavy atom. The predicted octanol–water partition coefficient (Wildman–Crippen LogP) is 3.37. The summed E-state index contributed by atoms with van der Waals surface area (Å²) in [5.74, 6) is 6.62. The highest BCUT2D eigenvalue weighted by Crippen LogP contribution is 2.37. The van der Waals surface area contributed by atoms with Crippen LogP contribution in [0, 0.1) is 11.8 Å². The number of nitrogens with zero attached hydrogens (tertiary/aromatic N) is 2. The number of ether oxygens (including phenoxy) is 1. The van der Waals surface area contributed by atoms with E-state index < -0.39 is 0 Å². The number of morpholine rings is 1. The van der Waals surface area contributed by atoms with Gasteiger partial charge in [0.25, 0.3) is 0 Å². The molecule has 0 unspecified atom stereocenters. The number of anilines is 1. The number of aromatic nitrogens is 2. The first-order valence-corrected chi connectivity index (χ1v) is 8.75. The molecular weight excluding hydrogens is 318 g/mol. The molecule has 1 saturated heterocycles. The highest BCUT2D eigenvalue weighted by Gasteiger charge is 2.18. The molecule has 0 bridgehead atoms. The van der Waals surface area contributed by atoms with Crippen LogP contribution < -0.4 is 4.90 Å². The molecule has 0 spiro atoms. The Morgan fingerprint density at radius 2 is 1.92 bits per heavy atom. The molecule has 0 saturated carbocycles. The SMILES string of the molecule is C(#Cc1cc(-c2ccn[nH]2)sc1N1CCOCC1)c1ccccc1. The Bertz CT molecular complexity index is 853. The summed E-state index contributed by atoms with van der Waals surface area (Å²) in [6.07, 6.45) is 1.78. The molecule has 1 aliphatic heterocycles. The monoisotopic (exact) mass is 335 g/mol. The van der Waals surface area contributed by atoms with Crippen LogP contribution in [-0.4, -0.2) is 36.5 Å². The fourth-order valence-electron chi connectivity index (χ4n) is 2.66. The van der Waals surface area contributed by atoms with Gasteiger partial charge in [-0.3, -0.25) is 5.10 Å². The van der Waals surface area contributed by atoms with Crippen molar-refractivity contribution in [3.05, 3.63) is 59.8 Å². The molecule has 120 valence electrons. The van der Waals surface area contributed by atoms with Crippen molar-refractivity contribution in [2.75, 3.05) is 31.2 Å². The summed E-state index contributed by atoms with van der Waals surface area (Å²) < 4.78 is 5.48. The molecule has 1 aliphatic rings. The second-order valence-corrected chi connectivity index (χ2v) is 6.55. The number of thiophene rings is 1. The first-order valence-electron chi connectivity index (χ1n) is 7.93. The van der Waals surface area contributed by atoms with Crippen molar-refractivity contribution in [1.82, 2.24) is 10.2 Å². The average Bonchev–Trinajstić information content (AvgIpc) is 3.31. The molecule has 0 amide bonds. The van der Waals surface area contributed by atoms with Gasteiger partial charge in [-0.25, -0.2) is 0 Å². The van der Waals surface area contributed by atoms with Crippen molar-refractivity contribution in [1.29, 1.82) is 0 Å². The van der Waals surface area contributed by atoms with Gasteiger partial charge >= 0.3 is 0 Å². The third-order valence-corrected chi connectivity index (χ3v) is 5.12. The van der Waals surface area contributed by atoms with Gasteiger partial charge in [0.05, 0.1) is 29.3 Å². The quantitative estimate of drug-likeness (QED) is 0.730. The van der Waals surface area contributed by atoms with Crippen LogP contribution in [0.1, 0.15) is 11.1 Å². The minimum absolute atomic E-state index is 0.767. The summed E-state index contributed by atoms with van der Waals surface area (Å²) in [6, 6.07) is 14.2. The van der Waals surface area contributed by atoms with Gasteiger partial charge in [0.15, 0.2) is 0 Å². The lowest BCUT2D eigenvalue weighted by atomic mass is 10.2. The van der Waals surface area contributed by atoms with E-state index in [-0.39, 0.29) is 0 Å². The lowest BCUT2D eigenvalue weighted by molar-refractivity contribution is 0.123. The van der Waals surface area contributed by atoms with Gasteiger partial charge in [0.2, 0.25) is 0 Å². The largest absolute Gasteiger partial charge is 0.378 e.